The van der Waals surface area contributed by atoms with Gasteiger partial charge in [-0.15, -0.1) is 0 Å². The minimum absolute atomic E-state index is 0.265. The molecule has 3 aromatic rings. The Hall–Kier alpha value is -2.29. The van der Waals surface area contributed by atoms with E-state index in [0.717, 1.165) is 10.6 Å². The van der Waals surface area contributed by atoms with E-state index in [4.69, 9.17) is 16.3 Å². The molecule has 9 heteroatoms. The highest BCUT2D eigenvalue weighted by molar-refractivity contribution is 7.97. The lowest BCUT2D eigenvalue weighted by Crippen LogP contribution is -2.35. The molecule has 0 bridgehead atoms. The Balaban J connectivity index is 2.13. The van der Waals surface area contributed by atoms with Crippen LogP contribution in [0.2, 0.25) is 5.15 Å². The summed E-state index contributed by atoms with van der Waals surface area (Å²) in [6.45, 7) is 7.34. The highest BCUT2D eigenvalue weighted by Crippen LogP contribution is 2.31. The van der Waals surface area contributed by atoms with E-state index in [1.165, 1.54) is 4.90 Å². The second kappa shape index (κ2) is 8.22. The summed E-state index contributed by atoms with van der Waals surface area (Å²) in [4.78, 5) is 20.0. The molecule has 0 saturated heterocycles. The van der Waals surface area contributed by atoms with Crippen LogP contribution in [0.25, 0.3) is 5.65 Å². The zero-order valence-corrected chi connectivity index (χ0v) is 18.9. The Morgan fingerprint density at radius 1 is 1.17 bits per heavy atom. The fourth-order valence-corrected chi connectivity index (χ4v) is 3.57. The maximum atomic E-state index is 13.2. The summed E-state index contributed by atoms with van der Waals surface area (Å²) in [6, 6.07) is 11.0. The van der Waals surface area contributed by atoms with Crippen molar-refractivity contribution in [2.45, 2.75) is 38.2 Å². The van der Waals surface area contributed by atoms with Gasteiger partial charge < -0.3 is 4.74 Å². The number of carbonyl (C=O) groups is 1. The summed E-state index contributed by atoms with van der Waals surface area (Å²) in [5.74, 6) is 0.454. The van der Waals surface area contributed by atoms with Crippen LogP contribution < -0.4 is 4.90 Å². The van der Waals surface area contributed by atoms with Crippen LogP contribution in [0.1, 0.15) is 26.5 Å². The van der Waals surface area contributed by atoms with Crippen molar-refractivity contribution in [2.24, 2.45) is 0 Å². The van der Waals surface area contributed by atoms with E-state index in [0.29, 0.717) is 17.2 Å². The van der Waals surface area contributed by atoms with Crippen LogP contribution in [0.5, 0.6) is 0 Å². The van der Waals surface area contributed by atoms with Crippen molar-refractivity contribution in [3.8, 4) is 0 Å². The molecule has 0 fully saturated rings. The molecule has 2 aromatic heterocycles. The van der Waals surface area contributed by atoms with E-state index >= 15 is 0 Å². The molecular formula is C20H24ClN5O2S. The first-order valence-corrected chi connectivity index (χ1v) is 10.2. The third-order valence-corrected chi connectivity index (χ3v) is 4.73. The van der Waals surface area contributed by atoms with Crippen LogP contribution in [-0.2, 0) is 4.74 Å². The fourth-order valence-electron chi connectivity index (χ4n) is 2.71. The number of carbonyl (C=O) groups excluding carboxylic acids is 1. The molecule has 29 heavy (non-hydrogen) atoms. The molecule has 7 nitrogen and oxygen atoms in total. The number of fused-ring (bicyclic) bond motifs is 1. The van der Waals surface area contributed by atoms with Gasteiger partial charge in [-0.25, -0.2) is 14.7 Å². The average Bonchev–Trinajstić information content (AvgIpc) is 2.94. The average molecular weight is 434 g/mol. The Morgan fingerprint density at radius 2 is 1.83 bits per heavy atom. The Bertz CT molecular complexity index is 1030. The van der Waals surface area contributed by atoms with Gasteiger partial charge in [0.25, 0.3) is 0 Å². The standard InChI is InChI=1S/C20H24ClN5O2S/c1-13-11-17-22-16(21)12-18(26(17)23-13)25(19(27)28-20(2,3)4)14-7-9-15(10-8-14)29-24(5)6/h7-12H,1-6H3. The SMILES string of the molecule is Cc1cc2nc(Cl)cc(N(C(=O)OC(C)(C)C)c3ccc(SN(C)C)cc3)n2n1. The van der Waals surface area contributed by atoms with Gasteiger partial charge in [-0.1, -0.05) is 11.6 Å². The van der Waals surface area contributed by atoms with E-state index in [1.807, 2.05) is 70.4 Å². The van der Waals surface area contributed by atoms with Crippen molar-refractivity contribution in [1.82, 2.24) is 18.9 Å². The molecule has 1 amide bonds. The van der Waals surface area contributed by atoms with Crippen molar-refractivity contribution < 1.29 is 9.53 Å². The van der Waals surface area contributed by atoms with E-state index < -0.39 is 11.7 Å². The van der Waals surface area contributed by atoms with Gasteiger partial charge in [-0.2, -0.15) is 9.61 Å². The Morgan fingerprint density at radius 3 is 2.41 bits per heavy atom. The van der Waals surface area contributed by atoms with Crippen molar-refractivity contribution in [2.75, 3.05) is 19.0 Å². The number of aryl methyl sites for hydroxylation is 1. The third kappa shape index (κ3) is 5.20. The number of benzene rings is 1. The number of anilines is 2. The van der Waals surface area contributed by atoms with Crippen molar-refractivity contribution in [1.29, 1.82) is 0 Å². The maximum absolute atomic E-state index is 13.2. The lowest BCUT2D eigenvalue weighted by Gasteiger charge is -2.27. The van der Waals surface area contributed by atoms with Crippen molar-refractivity contribution in [3.05, 3.63) is 47.2 Å². The van der Waals surface area contributed by atoms with Gasteiger partial charge in [0.1, 0.15) is 16.6 Å². The van der Waals surface area contributed by atoms with Gasteiger partial charge in [-0.05, 0) is 78.0 Å². The number of rotatable bonds is 4. The van der Waals surface area contributed by atoms with E-state index in [-0.39, 0.29) is 5.15 Å². The van der Waals surface area contributed by atoms with Gasteiger partial charge in [0.2, 0.25) is 0 Å². The quantitative estimate of drug-likeness (QED) is 0.409. The highest BCUT2D eigenvalue weighted by atomic mass is 35.5. The van der Waals surface area contributed by atoms with Gasteiger partial charge in [0.05, 0.1) is 11.4 Å². The van der Waals surface area contributed by atoms with Gasteiger partial charge in [-0.3, -0.25) is 4.31 Å². The molecular weight excluding hydrogens is 410 g/mol. The van der Waals surface area contributed by atoms with E-state index in [2.05, 4.69) is 10.1 Å². The van der Waals surface area contributed by atoms with Gasteiger partial charge in [0, 0.05) is 17.0 Å². The molecule has 0 atom stereocenters. The van der Waals surface area contributed by atoms with Crippen LogP contribution in [-0.4, -0.2) is 44.7 Å². The molecule has 3 rings (SSSR count). The van der Waals surface area contributed by atoms with Crippen LogP contribution >= 0.6 is 23.5 Å². The summed E-state index contributed by atoms with van der Waals surface area (Å²) in [5.41, 5.74) is 1.30. The summed E-state index contributed by atoms with van der Waals surface area (Å²) in [6.07, 6.45) is -0.526. The molecule has 0 spiro atoms. The second-order valence-electron chi connectivity index (χ2n) is 7.71. The molecule has 0 radical (unpaired) electrons. The van der Waals surface area contributed by atoms with E-state index in [1.54, 1.807) is 28.6 Å². The van der Waals surface area contributed by atoms with Crippen molar-refractivity contribution >= 4 is 46.8 Å². The predicted octanol–water partition coefficient (Wildman–Crippen LogP) is 5.33. The monoisotopic (exact) mass is 433 g/mol. The Labute approximate surface area is 179 Å². The van der Waals surface area contributed by atoms with Crippen LogP contribution in [0, 0.1) is 6.92 Å². The summed E-state index contributed by atoms with van der Waals surface area (Å²) >= 11 is 7.84. The largest absolute Gasteiger partial charge is 0.443 e. The Kier molecular flexibility index (Phi) is 6.07. The molecule has 154 valence electrons. The fraction of sp³-hybridized carbons (Fsp3) is 0.350. The first-order chi connectivity index (χ1) is 13.5. The maximum Gasteiger partial charge on any atom is 0.420 e. The molecule has 1 aromatic carbocycles. The molecule has 2 heterocycles. The summed E-state index contributed by atoms with van der Waals surface area (Å²) in [5, 5.41) is 4.74. The smallest absolute Gasteiger partial charge is 0.420 e. The molecule has 0 aliphatic heterocycles. The number of amides is 1. The minimum atomic E-state index is -0.661. The first kappa shape index (κ1) is 21.4. The van der Waals surface area contributed by atoms with Crippen LogP contribution in [0.15, 0.2) is 41.3 Å². The number of ether oxygens (including phenoxy) is 1. The number of halogens is 1. The zero-order chi connectivity index (χ0) is 21.3. The lowest BCUT2D eigenvalue weighted by molar-refractivity contribution is 0.0597. The van der Waals surface area contributed by atoms with Gasteiger partial charge in [0.15, 0.2) is 5.65 Å². The van der Waals surface area contributed by atoms with Crippen molar-refractivity contribution in [3.63, 3.8) is 0 Å². The highest BCUT2D eigenvalue weighted by Gasteiger charge is 2.28. The summed E-state index contributed by atoms with van der Waals surface area (Å²) < 4.78 is 9.26. The van der Waals surface area contributed by atoms with Gasteiger partial charge >= 0.3 is 6.09 Å². The first-order valence-electron chi connectivity index (χ1n) is 9.05. The summed E-state index contributed by atoms with van der Waals surface area (Å²) in [7, 11) is 3.95. The van der Waals surface area contributed by atoms with Crippen LogP contribution in [0.3, 0.4) is 0 Å². The zero-order valence-electron chi connectivity index (χ0n) is 17.3. The normalized spacial score (nSPS) is 11.9. The number of hydrogen-bond donors (Lipinski definition) is 0. The molecule has 0 aliphatic carbocycles. The molecule has 0 unspecified atom stereocenters. The second-order valence-corrected chi connectivity index (χ2v) is 9.48. The third-order valence-electron chi connectivity index (χ3n) is 3.69. The van der Waals surface area contributed by atoms with Crippen LogP contribution in [0.4, 0.5) is 16.3 Å². The minimum Gasteiger partial charge on any atom is -0.443 e. The topological polar surface area (TPSA) is 63.0 Å². The molecule has 0 aliphatic rings. The lowest BCUT2D eigenvalue weighted by atomic mass is 10.2. The predicted molar refractivity (Wildman–Crippen MR) is 117 cm³/mol. The number of hydrogen-bond acceptors (Lipinski definition) is 6. The molecule has 0 saturated carbocycles. The number of nitrogens with zero attached hydrogens (tertiary/aromatic N) is 5. The number of aromatic nitrogens is 3. The van der Waals surface area contributed by atoms with E-state index in [9.17, 15) is 4.79 Å². The molecule has 0 N–H and O–H groups in total.